The second-order valence-electron chi connectivity index (χ2n) is 3.30. The molecule has 1 aromatic rings. The van der Waals surface area contributed by atoms with Crippen molar-refractivity contribution in [1.82, 2.24) is 0 Å². The zero-order valence-electron chi connectivity index (χ0n) is 8.97. The molecule has 0 saturated carbocycles. The number of aromatic carboxylic acids is 1. The summed E-state index contributed by atoms with van der Waals surface area (Å²) in [6, 6.07) is 5.28. The maximum Gasteiger partial charge on any atom is 0.335 e. The van der Waals surface area contributed by atoms with Gasteiger partial charge in [-0.1, -0.05) is 24.1 Å². The van der Waals surface area contributed by atoms with Crippen LogP contribution in [-0.2, 0) is 22.8 Å². The van der Waals surface area contributed by atoms with Crippen molar-refractivity contribution in [1.29, 1.82) is 0 Å². The number of carboxylic acid groups (broad SMARTS) is 1. The Morgan fingerprint density at radius 1 is 1.44 bits per heavy atom. The number of carbonyl (C=O) groups is 1. The third-order valence-electron chi connectivity index (χ3n) is 2.32. The average Bonchev–Trinajstić information content (AvgIpc) is 2.29. The zero-order valence-corrected chi connectivity index (χ0v) is 8.97. The molecular formula is C11H14O5. The first-order valence-corrected chi connectivity index (χ1v) is 4.97. The number of carboxylic acids is 1. The standard InChI is InChI=1S/C11H14O5/c1-2-8-3-4-9(5-6-15-16-14)10(7-8)11(12)13/h3-4,7,14H,2,5-6H2,1H3,(H,12,13). The molecule has 5 nitrogen and oxygen atoms in total. The van der Waals surface area contributed by atoms with E-state index in [2.05, 4.69) is 9.93 Å². The molecule has 0 aliphatic rings. The predicted molar refractivity (Wildman–Crippen MR) is 56.1 cm³/mol. The minimum atomic E-state index is -0.963. The van der Waals surface area contributed by atoms with Crippen LogP contribution in [-0.4, -0.2) is 22.9 Å². The number of benzene rings is 1. The lowest BCUT2D eigenvalue weighted by atomic mass is 10.0. The van der Waals surface area contributed by atoms with Crippen LogP contribution >= 0.6 is 0 Å². The molecule has 0 amide bonds. The summed E-state index contributed by atoms with van der Waals surface area (Å²) in [4.78, 5) is 15.3. The van der Waals surface area contributed by atoms with Gasteiger partial charge in [-0.05, 0) is 30.0 Å². The molecule has 0 fully saturated rings. The SMILES string of the molecule is CCc1ccc(CCOOO)c(C(=O)O)c1. The van der Waals surface area contributed by atoms with Crippen LogP contribution in [0.25, 0.3) is 0 Å². The van der Waals surface area contributed by atoms with Gasteiger partial charge in [-0.15, -0.1) is 0 Å². The summed E-state index contributed by atoms with van der Waals surface area (Å²) in [6.07, 6.45) is 1.16. The maximum absolute atomic E-state index is 11.0. The Morgan fingerprint density at radius 2 is 2.19 bits per heavy atom. The first-order chi connectivity index (χ1) is 7.69. The summed E-state index contributed by atoms with van der Waals surface area (Å²) in [6.45, 7) is 2.06. The van der Waals surface area contributed by atoms with Crippen molar-refractivity contribution in [3.8, 4) is 0 Å². The van der Waals surface area contributed by atoms with Crippen molar-refractivity contribution in [2.45, 2.75) is 19.8 Å². The van der Waals surface area contributed by atoms with Crippen LogP contribution < -0.4 is 0 Å². The van der Waals surface area contributed by atoms with Gasteiger partial charge < -0.3 is 5.11 Å². The monoisotopic (exact) mass is 226 g/mol. The molecule has 0 aliphatic carbocycles. The second kappa shape index (κ2) is 6.22. The smallest absolute Gasteiger partial charge is 0.335 e. The number of hydrogen-bond donors (Lipinski definition) is 2. The normalized spacial score (nSPS) is 10.4. The van der Waals surface area contributed by atoms with Crippen LogP contribution in [0.5, 0.6) is 0 Å². The van der Waals surface area contributed by atoms with Crippen LogP contribution in [0.4, 0.5) is 0 Å². The number of rotatable bonds is 6. The van der Waals surface area contributed by atoms with Crippen LogP contribution in [0.15, 0.2) is 18.2 Å². The molecular weight excluding hydrogens is 212 g/mol. The Labute approximate surface area is 93.1 Å². The van der Waals surface area contributed by atoms with Crippen molar-refractivity contribution < 1.29 is 25.1 Å². The van der Waals surface area contributed by atoms with E-state index < -0.39 is 5.97 Å². The molecule has 1 rings (SSSR count). The minimum Gasteiger partial charge on any atom is -0.478 e. The van der Waals surface area contributed by atoms with Gasteiger partial charge in [0.1, 0.15) is 0 Å². The molecule has 88 valence electrons. The van der Waals surface area contributed by atoms with Crippen molar-refractivity contribution in [3.05, 3.63) is 34.9 Å². The van der Waals surface area contributed by atoms with E-state index in [0.29, 0.717) is 12.0 Å². The van der Waals surface area contributed by atoms with E-state index in [0.717, 1.165) is 12.0 Å². The fraction of sp³-hybridized carbons (Fsp3) is 0.364. The van der Waals surface area contributed by atoms with E-state index in [1.807, 2.05) is 13.0 Å². The van der Waals surface area contributed by atoms with E-state index in [-0.39, 0.29) is 12.2 Å². The summed E-state index contributed by atoms with van der Waals surface area (Å²) >= 11 is 0. The van der Waals surface area contributed by atoms with Crippen LogP contribution in [0.2, 0.25) is 0 Å². The third kappa shape index (κ3) is 3.30. The van der Waals surface area contributed by atoms with Gasteiger partial charge in [-0.2, -0.15) is 0 Å². The molecule has 0 aromatic heterocycles. The Bertz CT molecular complexity index is 361. The minimum absolute atomic E-state index is 0.0995. The zero-order chi connectivity index (χ0) is 12.0. The summed E-state index contributed by atoms with van der Waals surface area (Å²) < 4.78 is 0. The molecule has 0 aliphatic heterocycles. The van der Waals surface area contributed by atoms with E-state index in [9.17, 15) is 4.79 Å². The highest BCUT2D eigenvalue weighted by Gasteiger charge is 2.10. The Morgan fingerprint density at radius 3 is 2.75 bits per heavy atom. The summed E-state index contributed by atoms with van der Waals surface area (Å²) in [5, 5.41) is 20.4. The van der Waals surface area contributed by atoms with Crippen LogP contribution in [0, 0.1) is 0 Å². The van der Waals surface area contributed by atoms with Crippen molar-refractivity contribution in [2.75, 3.05) is 6.61 Å². The third-order valence-corrected chi connectivity index (χ3v) is 2.32. The van der Waals surface area contributed by atoms with Gasteiger partial charge in [-0.3, -0.25) is 0 Å². The molecule has 2 N–H and O–H groups in total. The molecule has 0 unspecified atom stereocenters. The molecule has 16 heavy (non-hydrogen) atoms. The van der Waals surface area contributed by atoms with Gasteiger partial charge in [0.2, 0.25) is 0 Å². The largest absolute Gasteiger partial charge is 0.478 e. The fourth-order valence-electron chi connectivity index (χ4n) is 1.45. The molecule has 5 heteroatoms. The van der Waals surface area contributed by atoms with E-state index in [1.54, 1.807) is 12.1 Å². The Hall–Kier alpha value is -1.43. The predicted octanol–water partition coefficient (Wildman–Crippen LogP) is 1.91. The maximum atomic E-state index is 11.0. The van der Waals surface area contributed by atoms with Gasteiger partial charge >= 0.3 is 5.97 Å². The van der Waals surface area contributed by atoms with Crippen molar-refractivity contribution >= 4 is 5.97 Å². The molecule has 0 heterocycles. The molecule has 0 bridgehead atoms. The lowest BCUT2D eigenvalue weighted by Crippen LogP contribution is -2.06. The van der Waals surface area contributed by atoms with Crippen molar-refractivity contribution in [3.63, 3.8) is 0 Å². The topological polar surface area (TPSA) is 76.0 Å². The summed E-state index contributed by atoms with van der Waals surface area (Å²) in [5.41, 5.74) is 1.89. The van der Waals surface area contributed by atoms with E-state index >= 15 is 0 Å². The lowest BCUT2D eigenvalue weighted by molar-refractivity contribution is -0.490. The first kappa shape index (κ1) is 12.6. The summed E-state index contributed by atoms with van der Waals surface area (Å²) in [5.74, 6) is -0.963. The molecule has 0 spiro atoms. The molecule has 0 atom stereocenters. The van der Waals surface area contributed by atoms with Gasteiger partial charge in [0, 0.05) is 0 Å². The van der Waals surface area contributed by atoms with Gasteiger partial charge in [0.25, 0.3) is 0 Å². The number of hydrogen-bond acceptors (Lipinski definition) is 4. The van der Waals surface area contributed by atoms with Crippen molar-refractivity contribution in [2.24, 2.45) is 0 Å². The summed E-state index contributed by atoms with van der Waals surface area (Å²) in [7, 11) is 0. The highest BCUT2D eigenvalue weighted by atomic mass is 17.5. The van der Waals surface area contributed by atoms with Crippen LogP contribution in [0.1, 0.15) is 28.4 Å². The van der Waals surface area contributed by atoms with E-state index in [1.165, 1.54) is 0 Å². The molecule has 0 radical (unpaired) electrons. The van der Waals surface area contributed by atoms with Gasteiger partial charge in [0.05, 0.1) is 12.2 Å². The second-order valence-corrected chi connectivity index (χ2v) is 3.30. The Kier molecular flexibility index (Phi) is 4.91. The fourth-order valence-corrected chi connectivity index (χ4v) is 1.45. The van der Waals surface area contributed by atoms with Gasteiger partial charge in [-0.25, -0.2) is 14.9 Å². The quantitative estimate of drug-likeness (QED) is 0.440. The number of aryl methyl sites for hydroxylation is 1. The average molecular weight is 226 g/mol. The highest BCUT2D eigenvalue weighted by Crippen LogP contribution is 2.14. The highest BCUT2D eigenvalue weighted by molar-refractivity contribution is 5.89. The molecule has 0 saturated heterocycles. The lowest BCUT2D eigenvalue weighted by Gasteiger charge is -2.07. The van der Waals surface area contributed by atoms with E-state index in [4.69, 9.17) is 10.4 Å². The van der Waals surface area contributed by atoms with Crippen LogP contribution in [0.3, 0.4) is 0 Å². The Balaban J connectivity index is 2.85. The molecule has 1 aromatic carbocycles. The van der Waals surface area contributed by atoms with Gasteiger partial charge in [0.15, 0.2) is 0 Å². The first-order valence-electron chi connectivity index (χ1n) is 4.97.